The van der Waals surface area contributed by atoms with Gasteiger partial charge in [0.1, 0.15) is 11.3 Å². The Morgan fingerprint density at radius 3 is 2.77 bits per heavy atom. The molecule has 0 unspecified atom stereocenters. The van der Waals surface area contributed by atoms with Crippen LogP contribution in [0.2, 0.25) is 0 Å². The smallest absolute Gasteiger partial charge is 0.153 e. The highest BCUT2D eigenvalue weighted by atomic mass is 32.2. The molecule has 0 atom stereocenters. The van der Waals surface area contributed by atoms with Gasteiger partial charge in [0.15, 0.2) is 9.84 Å². The number of imidazole rings is 1. The molecule has 6 nitrogen and oxygen atoms in total. The van der Waals surface area contributed by atoms with Crippen molar-refractivity contribution in [1.82, 2.24) is 19.9 Å². The Morgan fingerprint density at radius 2 is 2.00 bits per heavy atom. The number of hydrogen-bond acceptors (Lipinski definition) is 5. The first-order valence-electron chi connectivity index (χ1n) is 9.24. The van der Waals surface area contributed by atoms with Crippen molar-refractivity contribution in [1.29, 1.82) is 0 Å². The van der Waals surface area contributed by atoms with E-state index in [0.717, 1.165) is 54.6 Å². The summed E-state index contributed by atoms with van der Waals surface area (Å²) >= 11 is 0. The van der Waals surface area contributed by atoms with Crippen LogP contribution in [0.3, 0.4) is 0 Å². The molecule has 1 saturated heterocycles. The van der Waals surface area contributed by atoms with Gasteiger partial charge in [0.25, 0.3) is 0 Å². The number of aromatic nitrogens is 3. The second-order valence-corrected chi connectivity index (χ2v) is 9.13. The van der Waals surface area contributed by atoms with Crippen molar-refractivity contribution < 1.29 is 8.42 Å². The standard InChI is InChI=1S/C19H24N4O2S/c1-2-18-22-17-11-21-16-8-4-3-7-15(16)19(17)23(18)10-6-5-9-20-14-12-26(24,25)13-14/h3-4,7-8,11,14,20H,2,5-6,9-10,12-13H2,1H3. The molecule has 7 heteroatoms. The van der Waals surface area contributed by atoms with Gasteiger partial charge < -0.3 is 9.88 Å². The largest absolute Gasteiger partial charge is 0.327 e. The molecule has 2 aromatic heterocycles. The van der Waals surface area contributed by atoms with Gasteiger partial charge >= 0.3 is 0 Å². The Labute approximate surface area is 153 Å². The first-order chi connectivity index (χ1) is 12.6. The average Bonchev–Trinajstić information content (AvgIpc) is 2.98. The number of hydrogen-bond donors (Lipinski definition) is 1. The molecule has 3 aromatic rings. The number of para-hydroxylation sites is 1. The number of pyridine rings is 1. The van der Waals surface area contributed by atoms with Crippen molar-refractivity contribution >= 4 is 31.8 Å². The Hall–Kier alpha value is -1.99. The minimum Gasteiger partial charge on any atom is -0.327 e. The van der Waals surface area contributed by atoms with Crippen LogP contribution in [0.5, 0.6) is 0 Å². The summed E-state index contributed by atoms with van der Waals surface area (Å²) in [5.41, 5.74) is 3.13. The summed E-state index contributed by atoms with van der Waals surface area (Å²) in [6.07, 6.45) is 4.80. The highest BCUT2D eigenvalue weighted by molar-refractivity contribution is 7.92. The lowest BCUT2D eigenvalue weighted by molar-refractivity contribution is 0.493. The van der Waals surface area contributed by atoms with Gasteiger partial charge in [0, 0.05) is 24.4 Å². The molecule has 3 heterocycles. The van der Waals surface area contributed by atoms with Crippen molar-refractivity contribution in [2.75, 3.05) is 18.1 Å². The quantitative estimate of drug-likeness (QED) is 0.644. The molecule has 0 aliphatic carbocycles. The molecule has 1 aliphatic heterocycles. The summed E-state index contributed by atoms with van der Waals surface area (Å²) in [7, 11) is -2.74. The molecule has 0 radical (unpaired) electrons. The predicted molar refractivity (Wildman–Crippen MR) is 104 cm³/mol. The first-order valence-corrected chi connectivity index (χ1v) is 11.1. The average molecular weight is 372 g/mol. The maximum absolute atomic E-state index is 11.2. The maximum Gasteiger partial charge on any atom is 0.153 e. The van der Waals surface area contributed by atoms with E-state index in [9.17, 15) is 8.42 Å². The molecule has 26 heavy (non-hydrogen) atoms. The molecule has 1 fully saturated rings. The van der Waals surface area contributed by atoms with E-state index >= 15 is 0 Å². The van der Waals surface area contributed by atoms with Gasteiger partial charge in [-0.3, -0.25) is 4.98 Å². The number of fused-ring (bicyclic) bond motifs is 3. The fourth-order valence-electron chi connectivity index (χ4n) is 3.70. The number of aryl methyl sites for hydroxylation is 2. The second kappa shape index (κ2) is 6.96. The van der Waals surface area contributed by atoms with Crippen molar-refractivity contribution in [3.05, 3.63) is 36.3 Å². The molecular weight excluding hydrogens is 348 g/mol. The van der Waals surface area contributed by atoms with Crippen molar-refractivity contribution in [2.45, 2.75) is 38.8 Å². The molecule has 1 N–H and O–H groups in total. The fourth-order valence-corrected chi connectivity index (χ4v) is 5.07. The van der Waals surface area contributed by atoms with Crippen LogP contribution < -0.4 is 5.32 Å². The minimum atomic E-state index is -2.74. The first kappa shape index (κ1) is 17.4. The number of nitrogens with zero attached hydrogens (tertiary/aromatic N) is 3. The topological polar surface area (TPSA) is 76.9 Å². The molecule has 0 saturated carbocycles. The van der Waals surface area contributed by atoms with E-state index < -0.39 is 9.84 Å². The summed E-state index contributed by atoms with van der Waals surface area (Å²) in [5.74, 6) is 1.67. The third-order valence-electron chi connectivity index (χ3n) is 5.03. The summed E-state index contributed by atoms with van der Waals surface area (Å²) < 4.78 is 24.7. The summed E-state index contributed by atoms with van der Waals surface area (Å²) in [6.45, 7) is 3.90. The van der Waals surface area contributed by atoms with E-state index in [-0.39, 0.29) is 17.5 Å². The predicted octanol–water partition coefficient (Wildman–Crippen LogP) is 2.31. The van der Waals surface area contributed by atoms with E-state index in [2.05, 4.69) is 27.9 Å². The van der Waals surface area contributed by atoms with Crippen LogP contribution in [0.4, 0.5) is 0 Å². The van der Waals surface area contributed by atoms with Gasteiger partial charge in [-0.15, -0.1) is 0 Å². The van der Waals surface area contributed by atoms with Crippen molar-refractivity contribution in [2.24, 2.45) is 0 Å². The molecule has 0 bridgehead atoms. The Morgan fingerprint density at radius 1 is 1.19 bits per heavy atom. The SMILES string of the molecule is CCc1nc2cnc3ccccc3c2n1CCCCNC1CS(=O)(=O)C1. The molecule has 1 aliphatic rings. The Balaban J connectivity index is 1.46. The zero-order chi connectivity index (χ0) is 18.1. The zero-order valence-corrected chi connectivity index (χ0v) is 15.8. The fraction of sp³-hybridized carbons (Fsp3) is 0.474. The van der Waals surface area contributed by atoms with Crippen molar-refractivity contribution in [3.63, 3.8) is 0 Å². The van der Waals surface area contributed by atoms with Crippen LogP contribution in [0.1, 0.15) is 25.6 Å². The molecule has 0 amide bonds. The molecule has 1 aromatic carbocycles. The summed E-state index contributed by atoms with van der Waals surface area (Å²) in [6, 6.07) is 8.35. The second-order valence-electron chi connectivity index (χ2n) is 6.98. The Bertz CT molecular complexity index is 1030. The van der Waals surface area contributed by atoms with E-state index in [4.69, 9.17) is 4.98 Å². The lowest BCUT2D eigenvalue weighted by Crippen LogP contribution is -2.51. The lowest BCUT2D eigenvalue weighted by atomic mass is 10.2. The van der Waals surface area contributed by atoms with Gasteiger partial charge in [-0.2, -0.15) is 0 Å². The van der Waals surface area contributed by atoms with Crippen LogP contribution in [0.15, 0.2) is 30.5 Å². The van der Waals surface area contributed by atoms with Crippen LogP contribution in [0.25, 0.3) is 21.9 Å². The van der Waals surface area contributed by atoms with E-state index in [0.29, 0.717) is 0 Å². The number of rotatable bonds is 7. The maximum atomic E-state index is 11.2. The number of unbranched alkanes of at least 4 members (excludes halogenated alkanes) is 1. The monoisotopic (exact) mass is 372 g/mol. The number of nitrogens with one attached hydrogen (secondary N) is 1. The normalized spacial score (nSPS) is 17.0. The molecular formula is C19H24N4O2S. The molecule has 0 spiro atoms. The van der Waals surface area contributed by atoms with Gasteiger partial charge in [-0.1, -0.05) is 25.1 Å². The third kappa shape index (κ3) is 3.33. The molecule has 4 rings (SSSR count). The van der Waals surface area contributed by atoms with Gasteiger partial charge in [0.05, 0.1) is 28.7 Å². The van der Waals surface area contributed by atoms with Crippen LogP contribution in [-0.2, 0) is 22.8 Å². The zero-order valence-electron chi connectivity index (χ0n) is 15.0. The summed E-state index contributed by atoms with van der Waals surface area (Å²) in [5, 5.41) is 4.48. The van der Waals surface area contributed by atoms with E-state index in [1.165, 1.54) is 5.52 Å². The van der Waals surface area contributed by atoms with Crippen LogP contribution in [0, 0.1) is 0 Å². The minimum absolute atomic E-state index is 0.148. The van der Waals surface area contributed by atoms with Gasteiger partial charge in [-0.05, 0) is 25.5 Å². The van der Waals surface area contributed by atoms with E-state index in [1.807, 2.05) is 24.4 Å². The Kier molecular flexibility index (Phi) is 4.67. The highest BCUT2D eigenvalue weighted by Gasteiger charge is 2.32. The van der Waals surface area contributed by atoms with E-state index in [1.54, 1.807) is 0 Å². The molecule has 138 valence electrons. The highest BCUT2D eigenvalue weighted by Crippen LogP contribution is 2.25. The lowest BCUT2D eigenvalue weighted by Gasteiger charge is -2.26. The van der Waals surface area contributed by atoms with Crippen molar-refractivity contribution in [3.8, 4) is 0 Å². The number of sulfone groups is 1. The van der Waals surface area contributed by atoms with Gasteiger partial charge in [0.2, 0.25) is 0 Å². The van der Waals surface area contributed by atoms with Gasteiger partial charge in [-0.25, -0.2) is 13.4 Å². The van der Waals surface area contributed by atoms with Crippen LogP contribution >= 0.6 is 0 Å². The third-order valence-corrected chi connectivity index (χ3v) is 6.85. The number of benzene rings is 1. The summed E-state index contributed by atoms with van der Waals surface area (Å²) in [4.78, 5) is 9.28. The van der Waals surface area contributed by atoms with Crippen LogP contribution in [-0.4, -0.2) is 47.0 Å².